The van der Waals surface area contributed by atoms with Crippen molar-refractivity contribution in [2.75, 3.05) is 13.7 Å². The molecule has 0 unspecified atom stereocenters. The molecule has 1 fully saturated rings. The molecular formula is C16H19NO2. The van der Waals surface area contributed by atoms with Crippen LogP contribution in [0, 0.1) is 18.3 Å². The number of amides is 1. The van der Waals surface area contributed by atoms with Crippen LogP contribution in [0.15, 0.2) is 18.2 Å². The van der Waals surface area contributed by atoms with Crippen LogP contribution in [0.1, 0.15) is 35.2 Å². The molecule has 0 atom stereocenters. The molecule has 0 aliphatic heterocycles. The maximum absolute atomic E-state index is 12.0. The van der Waals surface area contributed by atoms with Gasteiger partial charge in [-0.2, -0.15) is 0 Å². The molecule has 1 aliphatic carbocycles. The van der Waals surface area contributed by atoms with Crippen LogP contribution in [-0.4, -0.2) is 19.6 Å². The average molecular weight is 257 g/mol. The van der Waals surface area contributed by atoms with Crippen molar-refractivity contribution in [2.45, 2.75) is 25.7 Å². The normalized spacial score (nSPS) is 13.7. The minimum atomic E-state index is -0.0336. The number of hydrogen-bond acceptors (Lipinski definition) is 2. The zero-order chi connectivity index (χ0) is 13.7. The van der Waals surface area contributed by atoms with Gasteiger partial charge in [0.15, 0.2) is 0 Å². The summed E-state index contributed by atoms with van der Waals surface area (Å²) in [6.07, 6.45) is 9.16. The van der Waals surface area contributed by atoms with Crippen LogP contribution in [0.3, 0.4) is 0 Å². The van der Waals surface area contributed by atoms with Gasteiger partial charge in [-0.15, -0.1) is 12.3 Å². The second-order valence-corrected chi connectivity index (χ2v) is 4.88. The Bertz CT molecular complexity index is 498. The van der Waals surface area contributed by atoms with Crippen LogP contribution in [0.4, 0.5) is 0 Å². The van der Waals surface area contributed by atoms with E-state index in [9.17, 15) is 4.79 Å². The van der Waals surface area contributed by atoms with Crippen molar-refractivity contribution in [3.63, 3.8) is 0 Å². The van der Waals surface area contributed by atoms with Gasteiger partial charge in [0.2, 0.25) is 0 Å². The first-order chi connectivity index (χ1) is 9.24. The molecule has 1 N–H and O–H groups in total. The van der Waals surface area contributed by atoms with E-state index >= 15 is 0 Å². The van der Waals surface area contributed by atoms with Crippen molar-refractivity contribution in [3.8, 4) is 18.1 Å². The van der Waals surface area contributed by atoms with E-state index in [1.807, 2.05) is 12.1 Å². The second kappa shape index (κ2) is 6.29. The minimum Gasteiger partial charge on any atom is -0.496 e. The van der Waals surface area contributed by atoms with Gasteiger partial charge in [0.05, 0.1) is 7.11 Å². The van der Waals surface area contributed by atoms with Gasteiger partial charge in [0.25, 0.3) is 5.91 Å². The van der Waals surface area contributed by atoms with E-state index in [-0.39, 0.29) is 5.91 Å². The molecule has 1 aromatic carbocycles. The fourth-order valence-electron chi connectivity index (χ4n) is 1.96. The van der Waals surface area contributed by atoms with Gasteiger partial charge in [-0.1, -0.05) is 6.07 Å². The zero-order valence-electron chi connectivity index (χ0n) is 11.2. The third-order valence-electron chi connectivity index (χ3n) is 3.34. The zero-order valence-corrected chi connectivity index (χ0v) is 11.2. The van der Waals surface area contributed by atoms with Crippen LogP contribution < -0.4 is 10.1 Å². The summed E-state index contributed by atoms with van der Waals surface area (Å²) in [5.41, 5.74) is 1.68. The van der Waals surface area contributed by atoms with E-state index in [2.05, 4.69) is 11.2 Å². The van der Waals surface area contributed by atoms with E-state index in [4.69, 9.17) is 11.2 Å². The second-order valence-electron chi connectivity index (χ2n) is 4.88. The van der Waals surface area contributed by atoms with Gasteiger partial charge in [-0.3, -0.25) is 4.79 Å². The number of terminal acetylenes is 1. The fourth-order valence-corrected chi connectivity index (χ4v) is 1.96. The van der Waals surface area contributed by atoms with Crippen molar-refractivity contribution < 1.29 is 9.53 Å². The van der Waals surface area contributed by atoms with Crippen LogP contribution in [-0.2, 0) is 6.42 Å². The Labute approximate surface area is 114 Å². The van der Waals surface area contributed by atoms with Crippen molar-refractivity contribution in [1.82, 2.24) is 5.32 Å². The van der Waals surface area contributed by atoms with E-state index < -0.39 is 0 Å². The summed E-state index contributed by atoms with van der Waals surface area (Å²) in [5, 5.41) is 2.95. The first kappa shape index (κ1) is 13.5. The lowest BCUT2D eigenvalue weighted by atomic mass is 10.1. The van der Waals surface area contributed by atoms with E-state index in [0.29, 0.717) is 17.9 Å². The molecule has 3 nitrogen and oxygen atoms in total. The first-order valence-corrected chi connectivity index (χ1v) is 6.63. The molecule has 0 radical (unpaired) electrons. The quantitative estimate of drug-likeness (QED) is 0.795. The van der Waals surface area contributed by atoms with Crippen LogP contribution in [0.25, 0.3) is 0 Å². The number of rotatable bonds is 6. The van der Waals surface area contributed by atoms with E-state index in [0.717, 1.165) is 24.3 Å². The largest absolute Gasteiger partial charge is 0.496 e. The van der Waals surface area contributed by atoms with E-state index in [1.165, 1.54) is 12.8 Å². The predicted molar refractivity (Wildman–Crippen MR) is 75.2 cm³/mol. The maximum atomic E-state index is 12.0. The molecule has 0 bridgehead atoms. The van der Waals surface area contributed by atoms with Crippen LogP contribution >= 0.6 is 0 Å². The molecule has 100 valence electrons. The molecule has 1 amide bonds. The summed E-state index contributed by atoms with van der Waals surface area (Å²) in [4.78, 5) is 12.0. The van der Waals surface area contributed by atoms with Gasteiger partial charge in [-0.25, -0.2) is 0 Å². The maximum Gasteiger partial charge on any atom is 0.251 e. The van der Waals surface area contributed by atoms with Gasteiger partial charge < -0.3 is 10.1 Å². The highest BCUT2D eigenvalue weighted by Gasteiger charge is 2.22. The summed E-state index contributed by atoms with van der Waals surface area (Å²) in [6.45, 7) is 0.778. The molecule has 0 aromatic heterocycles. The van der Waals surface area contributed by atoms with E-state index in [1.54, 1.807) is 13.2 Å². The van der Waals surface area contributed by atoms with Gasteiger partial charge in [-0.05, 0) is 42.9 Å². The summed E-state index contributed by atoms with van der Waals surface area (Å²) < 4.78 is 5.32. The molecule has 1 saturated carbocycles. The number of ether oxygens (including phenoxy) is 1. The minimum absolute atomic E-state index is 0.0336. The Balaban J connectivity index is 2.04. The lowest BCUT2D eigenvalue weighted by Crippen LogP contribution is -2.25. The monoisotopic (exact) mass is 257 g/mol. The summed E-state index contributed by atoms with van der Waals surface area (Å²) >= 11 is 0. The molecule has 1 aliphatic rings. The topological polar surface area (TPSA) is 38.3 Å². The Hall–Kier alpha value is -1.95. The number of carbonyl (C=O) groups excluding carboxylic acids is 1. The Kier molecular flexibility index (Phi) is 4.46. The van der Waals surface area contributed by atoms with Gasteiger partial charge in [0.1, 0.15) is 5.75 Å². The Morgan fingerprint density at radius 2 is 2.32 bits per heavy atom. The summed E-state index contributed by atoms with van der Waals surface area (Å²) in [7, 11) is 1.61. The average Bonchev–Trinajstić information content (AvgIpc) is 3.26. The lowest BCUT2D eigenvalue weighted by molar-refractivity contribution is 0.0951. The molecule has 19 heavy (non-hydrogen) atoms. The first-order valence-electron chi connectivity index (χ1n) is 6.63. The van der Waals surface area contributed by atoms with Gasteiger partial charge in [0, 0.05) is 18.5 Å². The SMILES string of the molecule is C#CCCc1ccc(C(=O)NCC2CC2)cc1OC. The lowest BCUT2D eigenvalue weighted by Gasteiger charge is -2.10. The fraction of sp³-hybridized carbons (Fsp3) is 0.438. The molecule has 0 saturated heterocycles. The van der Waals surface area contributed by atoms with Crippen molar-refractivity contribution in [3.05, 3.63) is 29.3 Å². The Morgan fingerprint density at radius 3 is 2.95 bits per heavy atom. The smallest absolute Gasteiger partial charge is 0.251 e. The van der Waals surface area contributed by atoms with Crippen molar-refractivity contribution in [1.29, 1.82) is 0 Å². The highest BCUT2D eigenvalue weighted by molar-refractivity contribution is 5.94. The number of benzene rings is 1. The number of carbonyl (C=O) groups is 1. The number of methoxy groups -OCH3 is 1. The third-order valence-corrected chi connectivity index (χ3v) is 3.34. The molecule has 0 spiro atoms. The van der Waals surface area contributed by atoms with Crippen LogP contribution in [0.2, 0.25) is 0 Å². The van der Waals surface area contributed by atoms with Crippen molar-refractivity contribution in [2.24, 2.45) is 5.92 Å². The predicted octanol–water partition coefficient (Wildman–Crippen LogP) is 2.40. The number of hydrogen-bond donors (Lipinski definition) is 1. The standard InChI is InChI=1S/C16H19NO2/c1-3-4-5-13-8-9-14(10-15(13)19-2)16(18)17-11-12-6-7-12/h1,8-10,12H,4-7,11H2,2H3,(H,17,18). The number of nitrogens with one attached hydrogen (secondary N) is 1. The molecule has 3 heteroatoms. The highest BCUT2D eigenvalue weighted by atomic mass is 16.5. The van der Waals surface area contributed by atoms with Crippen molar-refractivity contribution >= 4 is 5.91 Å². The molecule has 2 rings (SSSR count). The Morgan fingerprint density at radius 1 is 1.53 bits per heavy atom. The van der Waals surface area contributed by atoms with Crippen LogP contribution in [0.5, 0.6) is 5.75 Å². The molecular weight excluding hydrogens is 238 g/mol. The summed E-state index contributed by atoms with van der Waals surface area (Å²) in [6, 6.07) is 5.53. The highest BCUT2D eigenvalue weighted by Crippen LogP contribution is 2.28. The van der Waals surface area contributed by atoms with Gasteiger partial charge >= 0.3 is 0 Å². The molecule has 0 heterocycles. The summed E-state index contributed by atoms with van der Waals surface area (Å²) in [5.74, 6) is 3.99. The number of aryl methyl sites for hydroxylation is 1. The molecule has 1 aromatic rings. The third kappa shape index (κ3) is 3.75.